The van der Waals surface area contributed by atoms with Crippen LogP contribution in [0.4, 0.5) is 15.8 Å². The average molecular weight is 395 g/mol. The monoisotopic (exact) mass is 395 g/mol. The molecular weight excluding hydrogens is 381 g/mol. The summed E-state index contributed by atoms with van der Waals surface area (Å²) in [5.41, 5.74) is 1.55. The predicted molar refractivity (Wildman–Crippen MR) is 104 cm³/mol. The first-order valence-electron chi connectivity index (χ1n) is 8.34. The van der Waals surface area contributed by atoms with Crippen molar-refractivity contribution in [2.24, 2.45) is 0 Å². The number of hydrogen-bond acceptors (Lipinski definition) is 5. The second-order valence-corrected chi connectivity index (χ2v) is 6.96. The molecule has 0 radical (unpaired) electrons. The van der Waals surface area contributed by atoms with Crippen LogP contribution in [0.3, 0.4) is 0 Å². The number of halogens is 1. The molecule has 2 N–H and O–H groups in total. The van der Waals surface area contributed by atoms with E-state index in [1.54, 1.807) is 24.3 Å². The fourth-order valence-corrected chi connectivity index (χ4v) is 3.35. The summed E-state index contributed by atoms with van der Waals surface area (Å²) < 4.78 is 18.4. The maximum Gasteiger partial charge on any atom is 0.255 e. The minimum Gasteiger partial charge on any atom is -0.439 e. The van der Waals surface area contributed by atoms with Gasteiger partial charge in [-0.2, -0.15) is 0 Å². The van der Waals surface area contributed by atoms with Crippen molar-refractivity contribution in [3.63, 3.8) is 0 Å². The lowest BCUT2D eigenvalue weighted by molar-refractivity contribution is -0.113. The summed E-state index contributed by atoms with van der Waals surface area (Å²) in [7, 11) is 0. The molecule has 6 nitrogen and oxygen atoms in total. The minimum absolute atomic E-state index is 0.0870. The van der Waals surface area contributed by atoms with Gasteiger partial charge < -0.3 is 15.4 Å². The molecule has 0 atom stereocenters. The lowest BCUT2D eigenvalue weighted by atomic mass is 10.1. The Morgan fingerprint density at radius 2 is 1.96 bits per heavy atom. The van der Waals surface area contributed by atoms with Gasteiger partial charge in [-0.05, 0) is 48.5 Å². The van der Waals surface area contributed by atoms with Crippen molar-refractivity contribution >= 4 is 35.0 Å². The number of fused-ring (bicyclic) bond motifs is 1. The zero-order valence-electron chi connectivity index (χ0n) is 14.4. The van der Waals surface area contributed by atoms with Gasteiger partial charge in [0.2, 0.25) is 11.8 Å². The van der Waals surface area contributed by atoms with Gasteiger partial charge in [-0.3, -0.25) is 9.59 Å². The summed E-state index contributed by atoms with van der Waals surface area (Å²) in [6.45, 7) is 0. The van der Waals surface area contributed by atoms with Crippen LogP contribution in [-0.4, -0.2) is 22.6 Å². The minimum atomic E-state index is -0.348. The van der Waals surface area contributed by atoms with Gasteiger partial charge in [-0.25, -0.2) is 9.37 Å². The Hall–Kier alpha value is -3.39. The van der Waals surface area contributed by atoms with E-state index in [0.717, 1.165) is 4.90 Å². The largest absolute Gasteiger partial charge is 0.439 e. The predicted octanol–water partition coefficient (Wildman–Crippen LogP) is 4.31. The Balaban J connectivity index is 1.42. The van der Waals surface area contributed by atoms with Gasteiger partial charge in [0.05, 0.1) is 23.3 Å². The Kier molecular flexibility index (Phi) is 4.94. The van der Waals surface area contributed by atoms with Gasteiger partial charge >= 0.3 is 0 Å². The number of ether oxygens (including phenoxy) is 1. The van der Waals surface area contributed by atoms with E-state index in [1.165, 1.54) is 42.2 Å². The van der Waals surface area contributed by atoms with Crippen LogP contribution < -0.4 is 15.4 Å². The van der Waals surface area contributed by atoms with E-state index in [-0.39, 0.29) is 17.6 Å². The maximum atomic E-state index is 12.9. The third-order valence-corrected chi connectivity index (χ3v) is 4.98. The third kappa shape index (κ3) is 4.12. The van der Waals surface area contributed by atoms with Crippen molar-refractivity contribution in [1.29, 1.82) is 0 Å². The fourth-order valence-electron chi connectivity index (χ4n) is 2.57. The lowest BCUT2D eigenvalue weighted by Gasteiger charge is -2.17. The van der Waals surface area contributed by atoms with E-state index < -0.39 is 0 Å². The molecule has 1 aliphatic rings. The molecule has 28 heavy (non-hydrogen) atoms. The second kappa shape index (κ2) is 7.69. The Morgan fingerprint density at radius 1 is 1.14 bits per heavy atom. The summed E-state index contributed by atoms with van der Waals surface area (Å²) >= 11 is 1.44. The van der Waals surface area contributed by atoms with Crippen LogP contribution in [0.2, 0.25) is 0 Å². The smallest absolute Gasteiger partial charge is 0.255 e. The normalized spacial score (nSPS) is 12.7. The molecule has 3 aromatic rings. The zero-order chi connectivity index (χ0) is 19.5. The molecule has 0 fully saturated rings. The number of benzene rings is 2. The molecule has 8 heteroatoms. The molecular formula is C20H14FN3O3S. The van der Waals surface area contributed by atoms with E-state index >= 15 is 0 Å². The maximum absolute atomic E-state index is 12.9. The third-order valence-electron chi connectivity index (χ3n) is 3.90. The van der Waals surface area contributed by atoms with Crippen molar-refractivity contribution < 1.29 is 18.7 Å². The molecule has 4 rings (SSSR count). The number of aromatic nitrogens is 1. The van der Waals surface area contributed by atoms with Crippen molar-refractivity contribution in [2.45, 2.75) is 4.90 Å². The highest BCUT2D eigenvalue weighted by atomic mass is 32.2. The number of thioether (sulfide) groups is 1. The van der Waals surface area contributed by atoms with Gasteiger partial charge in [-0.1, -0.05) is 0 Å². The summed E-state index contributed by atoms with van der Waals surface area (Å²) in [6, 6.07) is 14.0. The van der Waals surface area contributed by atoms with Crippen LogP contribution in [-0.2, 0) is 4.79 Å². The van der Waals surface area contributed by atoms with Crippen LogP contribution >= 0.6 is 11.8 Å². The fraction of sp³-hybridized carbons (Fsp3) is 0.0500. The number of nitrogens with zero attached hydrogens (tertiary/aromatic N) is 1. The molecule has 2 amide bonds. The highest BCUT2D eigenvalue weighted by Crippen LogP contribution is 2.32. The molecule has 1 aliphatic heterocycles. The van der Waals surface area contributed by atoms with Crippen LogP contribution in [0.25, 0.3) is 0 Å². The zero-order valence-corrected chi connectivity index (χ0v) is 15.3. The van der Waals surface area contributed by atoms with Crippen LogP contribution in [0.5, 0.6) is 11.6 Å². The lowest BCUT2D eigenvalue weighted by Crippen LogP contribution is -2.19. The van der Waals surface area contributed by atoms with E-state index in [4.69, 9.17) is 4.74 Å². The number of anilines is 2. The molecule has 2 heterocycles. The Labute approximate surface area is 164 Å². The van der Waals surface area contributed by atoms with Crippen molar-refractivity contribution in [2.75, 3.05) is 16.4 Å². The topological polar surface area (TPSA) is 80.3 Å². The van der Waals surface area contributed by atoms with Gasteiger partial charge in [0.25, 0.3) is 5.91 Å². The van der Waals surface area contributed by atoms with E-state index in [9.17, 15) is 14.0 Å². The number of pyridine rings is 1. The number of amides is 2. The summed E-state index contributed by atoms with van der Waals surface area (Å²) in [4.78, 5) is 29.0. The SMILES string of the molecule is O=C1CSc2ccc(C(=O)Nc3ccc(Oc4ccc(F)cc4)nc3)cc2N1. The summed E-state index contributed by atoms with van der Waals surface area (Å²) in [5.74, 6) is 0.394. The summed E-state index contributed by atoms with van der Waals surface area (Å²) in [5, 5.41) is 5.51. The molecule has 2 aromatic carbocycles. The molecule has 0 spiro atoms. The number of hydrogen-bond donors (Lipinski definition) is 2. The quantitative estimate of drug-likeness (QED) is 0.688. The highest BCUT2D eigenvalue weighted by molar-refractivity contribution is 8.00. The first-order valence-corrected chi connectivity index (χ1v) is 9.33. The van der Waals surface area contributed by atoms with E-state index in [0.29, 0.717) is 34.3 Å². The standard InChI is InChI=1S/C20H14FN3O3S/c21-13-2-5-15(6-3-13)27-19-8-4-14(10-22-19)23-20(26)12-1-7-17-16(9-12)24-18(25)11-28-17/h1-10H,11H2,(H,23,26)(H,24,25). The van der Waals surface area contributed by atoms with E-state index in [2.05, 4.69) is 15.6 Å². The first kappa shape index (κ1) is 18.0. The highest BCUT2D eigenvalue weighted by Gasteiger charge is 2.17. The van der Waals surface area contributed by atoms with Gasteiger partial charge in [-0.15, -0.1) is 11.8 Å². The molecule has 0 bridgehead atoms. The number of carbonyl (C=O) groups excluding carboxylic acids is 2. The number of rotatable bonds is 4. The van der Waals surface area contributed by atoms with Gasteiger partial charge in [0.1, 0.15) is 11.6 Å². The van der Waals surface area contributed by atoms with Crippen LogP contribution in [0.1, 0.15) is 10.4 Å². The first-order chi connectivity index (χ1) is 13.6. The molecule has 0 saturated heterocycles. The molecule has 0 unspecified atom stereocenters. The number of carbonyl (C=O) groups is 2. The molecule has 140 valence electrons. The summed E-state index contributed by atoms with van der Waals surface area (Å²) in [6.07, 6.45) is 1.47. The Morgan fingerprint density at radius 3 is 2.71 bits per heavy atom. The second-order valence-electron chi connectivity index (χ2n) is 5.94. The number of nitrogens with one attached hydrogen (secondary N) is 2. The molecule has 1 aromatic heterocycles. The van der Waals surface area contributed by atoms with Crippen molar-refractivity contribution in [1.82, 2.24) is 4.98 Å². The molecule has 0 saturated carbocycles. The van der Waals surface area contributed by atoms with Gasteiger partial charge in [0.15, 0.2) is 0 Å². The van der Waals surface area contributed by atoms with Crippen molar-refractivity contribution in [3.8, 4) is 11.6 Å². The molecule has 0 aliphatic carbocycles. The van der Waals surface area contributed by atoms with E-state index in [1.807, 2.05) is 6.07 Å². The van der Waals surface area contributed by atoms with Crippen LogP contribution in [0.15, 0.2) is 65.7 Å². The van der Waals surface area contributed by atoms with Crippen molar-refractivity contribution in [3.05, 3.63) is 72.2 Å². The van der Waals surface area contributed by atoms with Crippen LogP contribution in [0, 0.1) is 5.82 Å². The Bertz CT molecular complexity index is 1040. The average Bonchev–Trinajstić information content (AvgIpc) is 2.70. The van der Waals surface area contributed by atoms with Gasteiger partial charge in [0, 0.05) is 16.5 Å².